The van der Waals surface area contributed by atoms with Gasteiger partial charge in [0.05, 0.1) is 0 Å². The van der Waals surface area contributed by atoms with Crippen LogP contribution in [0.3, 0.4) is 0 Å². The maximum atomic E-state index is 13.0. The zero-order valence-electron chi connectivity index (χ0n) is 9.08. The molecule has 5 heteroatoms. The van der Waals surface area contributed by atoms with Crippen LogP contribution in [0.1, 0.15) is 15.9 Å². The van der Waals surface area contributed by atoms with Crippen LogP contribution in [0.2, 0.25) is 0 Å². The lowest BCUT2D eigenvalue weighted by atomic mass is 10.0. The van der Waals surface area contributed by atoms with E-state index in [1.807, 2.05) is 0 Å². The van der Waals surface area contributed by atoms with Crippen molar-refractivity contribution >= 4 is 11.5 Å². The van der Waals surface area contributed by atoms with Crippen LogP contribution in [-0.2, 0) is 0 Å². The van der Waals surface area contributed by atoms with E-state index in [1.165, 1.54) is 24.3 Å². The highest BCUT2D eigenvalue weighted by Gasteiger charge is 2.16. The lowest BCUT2D eigenvalue weighted by Crippen LogP contribution is -2.04. The predicted molar refractivity (Wildman–Crippen MR) is 60.6 cm³/mol. The highest BCUT2D eigenvalue weighted by molar-refractivity contribution is 6.09. The van der Waals surface area contributed by atoms with Crippen LogP contribution in [-0.4, -0.2) is 5.78 Å². The molecular weight excluding hydrogens is 243 g/mol. The summed E-state index contributed by atoms with van der Waals surface area (Å²) < 4.78 is 38.7. The molecule has 92 valence electrons. The molecule has 0 unspecified atom stereocenters. The quantitative estimate of drug-likeness (QED) is 0.506. The molecule has 0 amide bonds. The van der Waals surface area contributed by atoms with Gasteiger partial charge >= 0.3 is 0 Å². The molecule has 2 aromatic rings. The number of halogens is 3. The average Bonchev–Trinajstić information content (AvgIpc) is 2.35. The Morgan fingerprint density at radius 1 is 0.889 bits per heavy atom. The molecule has 18 heavy (non-hydrogen) atoms. The predicted octanol–water partition coefficient (Wildman–Crippen LogP) is 2.92. The second kappa shape index (κ2) is 4.52. The molecular formula is C13H8F3NO. The Morgan fingerprint density at radius 2 is 1.39 bits per heavy atom. The van der Waals surface area contributed by atoms with E-state index >= 15 is 0 Å². The number of anilines is 1. The Hall–Kier alpha value is -2.30. The van der Waals surface area contributed by atoms with E-state index in [1.54, 1.807) is 0 Å². The highest BCUT2D eigenvalue weighted by atomic mass is 19.2. The van der Waals surface area contributed by atoms with E-state index in [0.717, 1.165) is 0 Å². The van der Waals surface area contributed by atoms with Gasteiger partial charge in [-0.2, -0.15) is 0 Å². The van der Waals surface area contributed by atoms with Gasteiger partial charge in [-0.25, -0.2) is 13.2 Å². The van der Waals surface area contributed by atoms with Crippen LogP contribution in [0.5, 0.6) is 0 Å². The van der Waals surface area contributed by atoms with Crippen LogP contribution >= 0.6 is 0 Å². The smallest absolute Gasteiger partial charge is 0.194 e. The van der Waals surface area contributed by atoms with Gasteiger partial charge in [0.2, 0.25) is 0 Å². The highest BCUT2D eigenvalue weighted by Crippen LogP contribution is 2.17. The molecule has 0 aliphatic rings. The fourth-order valence-electron chi connectivity index (χ4n) is 1.49. The number of carbonyl (C=O) groups is 1. The maximum absolute atomic E-state index is 13.0. The zero-order valence-corrected chi connectivity index (χ0v) is 9.08. The van der Waals surface area contributed by atoms with Crippen molar-refractivity contribution in [1.82, 2.24) is 0 Å². The van der Waals surface area contributed by atoms with Crippen molar-refractivity contribution in [2.24, 2.45) is 0 Å². The Bertz CT molecular complexity index is 585. The van der Waals surface area contributed by atoms with Crippen molar-refractivity contribution < 1.29 is 18.0 Å². The number of benzene rings is 2. The second-order valence-corrected chi connectivity index (χ2v) is 3.71. The summed E-state index contributed by atoms with van der Waals surface area (Å²) in [4.78, 5) is 11.9. The standard InChI is InChI=1S/C13H8F3NO/c14-10-5-8(6-11(15)12(10)16)13(18)7-1-3-9(17)4-2-7/h1-6H,17H2. The fraction of sp³-hybridized carbons (Fsp3) is 0. The van der Waals surface area contributed by atoms with Crippen molar-refractivity contribution in [3.8, 4) is 0 Å². The molecule has 0 fully saturated rings. The van der Waals surface area contributed by atoms with Crippen molar-refractivity contribution in [2.75, 3.05) is 5.73 Å². The van der Waals surface area contributed by atoms with E-state index in [9.17, 15) is 18.0 Å². The molecule has 0 aromatic heterocycles. The van der Waals surface area contributed by atoms with Gasteiger partial charge in [0.1, 0.15) is 0 Å². The summed E-state index contributed by atoms with van der Waals surface area (Å²) >= 11 is 0. The molecule has 2 N–H and O–H groups in total. The Morgan fingerprint density at radius 3 is 1.89 bits per heavy atom. The molecule has 2 rings (SSSR count). The van der Waals surface area contributed by atoms with Gasteiger partial charge in [-0.1, -0.05) is 0 Å². The van der Waals surface area contributed by atoms with Crippen LogP contribution in [0.25, 0.3) is 0 Å². The van der Waals surface area contributed by atoms with Crippen LogP contribution in [0.15, 0.2) is 36.4 Å². The van der Waals surface area contributed by atoms with E-state index < -0.39 is 23.2 Å². The van der Waals surface area contributed by atoms with Crippen molar-refractivity contribution in [1.29, 1.82) is 0 Å². The first-order valence-electron chi connectivity index (χ1n) is 5.04. The second-order valence-electron chi connectivity index (χ2n) is 3.71. The van der Waals surface area contributed by atoms with Gasteiger partial charge in [0.25, 0.3) is 0 Å². The van der Waals surface area contributed by atoms with E-state index in [0.29, 0.717) is 17.8 Å². The molecule has 0 aliphatic carbocycles. The Balaban J connectivity index is 2.43. The number of nitrogens with two attached hydrogens (primary N) is 1. The van der Waals surface area contributed by atoms with Crippen molar-refractivity contribution in [2.45, 2.75) is 0 Å². The first kappa shape index (κ1) is 12.2. The number of nitrogen functional groups attached to an aromatic ring is 1. The Labute approximate surface area is 101 Å². The van der Waals surface area contributed by atoms with Crippen molar-refractivity contribution in [3.05, 3.63) is 65.0 Å². The molecule has 0 bridgehead atoms. The summed E-state index contributed by atoms with van der Waals surface area (Å²) in [6.45, 7) is 0. The normalized spacial score (nSPS) is 10.4. The number of rotatable bonds is 2. The minimum absolute atomic E-state index is 0.217. The number of hydrogen-bond donors (Lipinski definition) is 1. The third-order valence-corrected chi connectivity index (χ3v) is 2.42. The summed E-state index contributed by atoms with van der Waals surface area (Å²) in [7, 11) is 0. The maximum Gasteiger partial charge on any atom is 0.194 e. The van der Waals surface area contributed by atoms with Gasteiger partial charge in [-0.3, -0.25) is 4.79 Å². The van der Waals surface area contributed by atoms with Gasteiger partial charge < -0.3 is 5.73 Å². The molecule has 2 nitrogen and oxygen atoms in total. The minimum Gasteiger partial charge on any atom is -0.399 e. The average molecular weight is 251 g/mol. The van der Waals surface area contributed by atoms with Crippen LogP contribution in [0, 0.1) is 17.5 Å². The zero-order chi connectivity index (χ0) is 13.3. The number of hydrogen-bond acceptors (Lipinski definition) is 2. The first-order valence-corrected chi connectivity index (χ1v) is 5.04. The number of carbonyl (C=O) groups excluding carboxylic acids is 1. The lowest BCUT2D eigenvalue weighted by molar-refractivity contribution is 0.103. The molecule has 0 aliphatic heterocycles. The first-order chi connectivity index (χ1) is 8.49. The molecule has 0 heterocycles. The molecule has 0 radical (unpaired) electrons. The van der Waals surface area contributed by atoms with Crippen LogP contribution in [0.4, 0.5) is 18.9 Å². The summed E-state index contributed by atoms with van der Waals surface area (Å²) in [5.41, 5.74) is 5.88. The molecule has 0 saturated carbocycles. The molecule has 0 atom stereocenters. The molecule has 0 saturated heterocycles. The topological polar surface area (TPSA) is 43.1 Å². The Kier molecular flexibility index (Phi) is 3.06. The van der Waals surface area contributed by atoms with Crippen molar-refractivity contribution in [3.63, 3.8) is 0 Å². The summed E-state index contributed by atoms with van der Waals surface area (Å²) in [5.74, 6) is -4.99. The van der Waals surface area contributed by atoms with Crippen LogP contribution < -0.4 is 5.73 Å². The minimum atomic E-state index is -1.59. The van der Waals surface area contributed by atoms with E-state index in [4.69, 9.17) is 5.73 Å². The SMILES string of the molecule is Nc1ccc(C(=O)c2cc(F)c(F)c(F)c2)cc1. The summed E-state index contributed by atoms with van der Waals surface area (Å²) in [6.07, 6.45) is 0. The number of ketones is 1. The summed E-state index contributed by atoms with van der Waals surface area (Å²) in [5, 5.41) is 0. The van der Waals surface area contributed by atoms with Gasteiger partial charge in [-0.05, 0) is 36.4 Å². The van der Waals surface area contributed by atoms with E-state index in [2.05, 4.69) is 0 Å². The monoisotopic (exact) mass is 251 g/mol. The third-order valence-electron chi connectivity index (χ3n) is 2.42. The van der Waals surface area contributed by atoms with E-state index in [-0.39, 0.29) is 11.1 Å². The van der Waals surface area contributed by atoms with Gasteiger partial charge in [0.15, 0.2) is 23.2 Å². The molecule has 0 spiro atoms. The molecule has 2 aromatic carbocycles. The fourth-order valence-corrected chi connectivity index (χ4v) is 1.49. The summed E-state index contributed by atoms with van der Waals surface area (Å²) in [6, 6.07) is 7.16. The largest absolute Gasteiger partial charge is 0.399 e. The third kappa shape index (κ3) is 2.20. The lowest BCUT2D eigenvalue weighted by Gasteiger charge is -2.03. The van der Waals surface area contributed by atoms with Gasteiger partial charge in [-0.15, -0.1) is 0 Å². The van der Waals surface area contributed by atoms with Gasteiger partial charge in [0, 0.05) is 16.8 Å².